The minimum atomic E-state index is -0.250. The molecule has 1 amide bonds. The quantitative estimate of drug-likeness (QED) is 0.638. The molecule has 1 fully saturated rings. The molecule has 0 bridgehead atoms. The monoisotopic (exact) mass is 438 g/mol. The molecule has 1 N–H and O–H groups in total. The number of amides is 1. The fourth-order valence-electron chi connectivity index (χ4n) is 3.85. The Morgan fingerprint density at radius 2 is 1.94 bits per heavy atom. The van der Waals surface area contributed by atoms with Crippen LogP contribution >= 0.6 is 11.3 Å². The molecule has 0 aliphatic heterocycles. The number of benzene rings is 1. The molecule has 1 aliphatic carbocycles. The number of ether oxygens (including phenoxy) is 1. The van der Waals surface area contributed by atoms with Crippen molar-refractivity contribution in [3.8, 4) is 16.3 Å². The molecule has 1 aromatic carbocycles. The topological polar surface area (TPSA) is 86.1 Å². The maximum Gasteiger partial charge on any atom is 0.277 e. The number of nitrogens with one attached hydrogen (secondary N) is 1. The van der Waals surface area contributed by atoms with Crippen LogP contribution in [0.25, 0.3) is 10.6 Å². The van der Waals surface area contributed by atoms with Crippen LogP contribution in [0.3, 0.4) is 0 Å². The lowest BCUT2D eigenvalue weighted by Gasteiger charge is -2.14. The molecule has 0 spiro atoms. The molecule has 0 saturated heterocycles. The van der Waals surface area contributed by atoms with Gasteiger partial charge in [0, 0.05) is 18.8 Å². The van der Waals surface area contributed by atoms with Gasteiger partial charge in [0.05, 0.1) is 23.1 Å². The molecule has 7 nitrogen and oxygen atoms in total. The average Bonchev–Trinajstić information content (AvgIpc) is 3.37. The maximum atomic E-state index is 13.0. The third-order valence-electron chi connectivity index (χ3n) is 5.64. The zero-order valence-electron chi connectivity index (χ0n) is 18.2. The molecule has 162 valence electrons. The van der Waals surface area contributed by atoms with Crippen molar-refractivity contribution in [2.24, 2.45) is 7.05 Å². The largest absolute Gasteiger partial charge is 0.490 e. The van der Waals surface area contributed by atoms with Crippen LogP contribution in [0.4, 0.5) is 5.69 Å². The summed E-state index contributed by atoms with van der Waals surface area (Å²) in [6.07, 6.45) is 4.81. The molecule has 1 aliphatic rings. The lowest BCUT2D eigenvalue weighted by Crippen LogP contribution is -2.23. The van der Waals surface area contributed by atoms with Gasteiger partial charge in [-0.2, -0.15) is 5.10 Å². The van der Waals surface area contributed by atoms with Crippen molar-refractivity contribution in [1.82, 2.24) is 14.8 Å². The zero-order valence-corrected chi connectivity index (χ0v) is 19.0. The van der Waals surface area contributed by atoms with Crippen molar-refractivity contribution >= 4 is 22.9 Å². The molecule has 2 heterocycles. The van der Waals surface area contributed by atoms with E-state index in [2.05, 4.69) is 15.4 Å². The van der Waals surface area contributed by atoms with Crippen molar-refractivity contribution in [2.45, 2.75) is 52.6 Å². The van der Waals surface area contributed by atoms with Gasteiger partial charge in [0.2, 0.25) is 0 Å². The number of nitrogens with zero attached hydrogens (tertiary/aromatic N) is 3. The number of hydrogen-bond donors (Lipinski definition) is 1. The predicted octanol–water partition coefficient (Wildman–Crippen LogP) is 4.40. The maximum absolute atomic E-state index is 13.0. The molecule has 2 aromatic heterocycles. The molecular weight excluding hydrogens is 412 g/mol. The summed E-state index contributed by atoms with van der Waals surface area (Å²) in [4.78, 5) is 30.6. The van der Waals surface area contributed by atoms with Crippen LogP contribution in [0.15, 0.2) is 29.1 Å². The minimum absolute atomic E-state index is 0.222. The Labute approximate surface area is 185 Å². The Kier molecular flexibility index (Phi) is 5.91. The minimum Gasteiger partial charge on any atom is -0.490 e. The molecule has 31 heavy (non-hydrogen) atoms. The summed E-state index contributed by atoms with van der Waals surface area (Å²) in [6, 6.07) is 7.47. The second-order valence-corrected chi connectivity index (χ2v) is 8.95. The van der Waals surface area contributed by atoms with Crippen LogP contribution in [0.5, 0.6) is 5.75 Å². The van der Waals surface area contributed by atoms with Gasteiger partial charge in [0.1, 0.15) is 15.6 Å². The van der Waals surface area contributed by atoms with E-state index < -0.39 is 0 Å². The normalized spacial score (nSPS) is 14.1. The van der Waals surface area contributed by atoms with Gasteiger partial charge in [-0.05, 0) is 64.2 Å². The first-order valence-corrected chi connectivity index (χ1v) is 11.3. The van der Waals surface area contributed by atoms with E-state index in [-0.39, 0.29) is 17.6 Å². The van der Waals surface area contributed by atoms with Gasteiger partial charge in [-0.25, -0.2) is 9.67 Å². The Morgan fingerprint density at radius 1 is 1.19 bits per heavy atom. The third kappa shape index (κ3) is 4.39. The van der Waals surface area contributed by atoms with Gasteiger partial charge < -0.3 is 10.1 Å². The van der Waals surface area contributed by atoms with Crippen LogP contribution in [-0.4, -0.2) is 26.8 Å². The van der Waals surface area contributed by atoms with Gasteiger partial charge in [0.25, 0.3) is 11.5 Å². The van der Waals surface area contributed by atoms with Gasteiger partial charge in [0.15, 0.2) is 0 Å². The number of aryl methyl sites for hydroxylation is 3. The summed E-state index contributed by atoms with van der Waals surface area (Å²) >= 11 is 1.22. The Balaban J connectivity index is 1.57. The smallest absolute Gasteiger partial charge is 0.277 e. The number of carbonyl (C=O) groups excluding carboxylic acids is 1. The van der Waals surface area contributed by atoms with E-state index in [1.807, 2.05) is 38.1 Å². The number of hydrogen-bond acceptors (Lipinski definition) is 6. The van der Waals surface area contributed by atoms with E-state index >= 15 is 0 Å². The second kappa shape index (κ2) is 8.63. The molecule has 8 heteroatoms. The summed E-state index contributed by atoms with van der Waals surface area (Å²) in [5.41, 5.74) is 3.07. The summed E-state index contributed by atoms with van der Waals surface area (Å²) in [6.45, 7) is 5.49. The van der Waals surface area contributed by atoms with E-state index in [1.165, 1.54) is 28.9 Å². The summed E-state index contributed by atoms with van der Waals surface area (Å²) in [7, 11) is 1.62. The molecule has 0 unspecified atom stereocenters. The Morgan fingerprint density at radius 3 is 2.68 bits per heavy atom. The van der Waals surface area contributed by atoms with Crippen LogP contribution < -0.4 is 15.6 Å². The molecular formula is C23H26N4O3S. The molecule has 0 radical (unpaired) electrons. The number of aromatic nitrogens is 3. The van der Waals surface area contributed by atoms with Crippen LogP contribution in [0.1, 0.15) is 52.3 Å². The Bertz CT molecular complexity index is 1190. The van der Waals surface area contributed by atoms with Crippen LogP contribution in [0.2, 0.25) is 0 Å². The van der Waals surface area contributed by atoms with Crippen LogP contribution in [-0.2, 0) is 7.05 Å². The number of anilines is 1. The van der Waals surface area contributed by atoms with Gasteiger partial charge >= 0.3 is 0 Å². The first kappa shape index (κ1) is 21.2. The number of rotatable bonds is 5. The zero-order chi connectivity index (χ0) is 22.1. The highest BCUT2D eigenvalue weighted by molar-refractivity contribution is 7.17. The first-order chi connectivity index (χ1) is 14.8. The fraction of sp³-hybridized carbons (Fsp3) is 0.391. The van der Waals surface area contributed by atoms with E-state index in [0.717, 1.165) is 29.8 Å². The SMILES string of the molecule is Cc1nc(-c2c(C)c(C)nn(C)c2=O)sc1C(=O)Nc1cccc(OC2CCCC2)c1. The van der Waals surface area contributed by atoms with E-state index in [0.29, 0.717) is 26.8 Å². The van der Waals surface area contributed by atoms with Gasteiger partial charge in [-0.1, -0.05) is 6.07 Å². The number of carbonyl (C=O) groups is 1. The molecule has 3 aromatic rings. The van der Waals surface area contributed by atoms with Crippen LogP contribution in [0, 0.1) is 20.8 Å². The van der Waals surface area contributed by atoms with Gasteiger partial charge in [-0.15, -0.1) is 11.3 Å². The molecule has 1 saturated carbocycles. The summed E-state index contributed by atoms with van der Waals surface area (Å²) in [5.74, 6) is 0.511. The standard InChI is InChI=1S/C23H26N4O3S/c1-13-14(2)26-27(4)23(29)19(13)22-24-15(3)20(31-22)21(28)25-16-8-7-11-18(12-16)30-17-9-5-6-10-17/h7-8,11-12,17H,5-6,9-10H2,1-4H3,(H,25,28). The first-order valence-electron chi connectivity index (χ1n) is 10.4. The molecule has 0 atom stereocenters. The lowest BCUT2D eigenvalue weighted by molar-refractivity contribution is 0.103. The van der Waals surface area contributed by atoms with E-state index in [4.69, 9.17) is 4.74 Å². The van der Waals surface area contributed by atoms with E-state index in [9.17, 15) is 9.59 Å². The fourth-order valence-corrected chi connectivity index (χ4v) is 4.90. The van der Waals surface area contributed by atoms with E-state index in [1.54, 1.807) is 14.0 Å². The van der Waals surface area contributed by atoms with Crippen molar-refractivity contribution in [1.29, 1.82) is 0 Å². The second-order valence-electron chi connectivity index (χ2n) is 7.95. The summed E-state index contributed by atoms with van der Waals surface area (Å²) < 4.78 is 7.34. The van der Waals surface area contributed by atoms with Crippen molar-refractivity contribution in [3.63, 3.8) is 0 Å². The van der Waals surface area contributed by atoms with Crippen molar-refractivity contribution < 1.29 is 9.53 Å². The van der Waals surface area contributed by atoms with Gasteiger partial charge in [-0.3, -0.25) is 9.59 Å². The highest BCUT2D eigenvalue weighted by Gasteiger charge is 2.21. The molecule has 4 rings (SSSR count). The lowest BCUT2D eigenvalue weighted by atomic mass is 10.1. The highest BCUT2D eigenvalue weighted by Crippen LogP contribution is 2.30. The van der Waals surface area contributed by atoms with Crippen molar-refractivity contribution in [3.05, 3.63) is 56.4 Å². The average molecular weight is 439 g/mol. The Hall–Kier alpha value is -3.00. The summed E-state index contributed by atoms with van der Waals surface area (Å²) in [5, 5.41) is 7.68. The third-order valence-corrected chi connectivity index (χ3v) is 6.81. The number of thiazole rings is 1. The predicted molar refractivity (Wildman–Crippen MR) is 122 cm³/mol. The van der Waals surface area contributed by atoms with Crippen molar-refractivity contribution in [2.75, 3.05) is 5.32 Å². The highest BCUT2D eigenvalue weighted by atomic mass is 32.1.